The van der Waals surface area contributed by atoms with Gasteiger partial charge in [-0.2, -0.15) is 10.1 Å². The minimum absolute atomic E-state index is 0.0820. The van der Waals surface area contributed by atoms with Gasteiger partial charge in [0.1, 0.15) is 0 Å². The van der Waals surface area contributed by atoms with Crippen LogP contribution < -0.4 is 4.74 Å². The fourth-order valence-corrected chi connectivity index (χ4v) is 2.90. The number of nitrogens with zero attached hydrogens (tertiary/aromatic N) is 3. The molecule has 0 spiro atoms. The molecule has 6 nitrogen and oxygen atoms in total. The molecular weight excluding hydrogens is 258 g/mol. The van der Waals surface area contributed by atoms with Gasteiger partial charge in [0.25, 0.3) is 0 Å². The third kappa shape index (κ3) is 2.21. The van der Waals surface area contributed by atoms with Crippen molar-refractivity contribution < 1.29 is 14.6 Å². The summed E-state index contributed by atoms with van der Waals surface area (Å²) in [6.45, 7) is 0. The normalized spacial score (nSPS) is 22.9. The van der Waals surface area contributed by atoms with Gasteiger partial charge in [0.15, 0.2) is 5.65 Å². The summed E-state index contributed by atoms with van der Waals surface area (Å²) in [4.78, 5) is 15.7. The number of ether oxygens (including phenoxy) is 1. The standard InChI is InChI=1S/C14H17N3O3/c1-20-12-7-6-9-8-17(16-13(9)15-12)11-5-3-2-4-10(11)14(18)19/h6-8,10-11H,2-5H2,1H3,(H,18,19)/t10?,11-/m1/s1. The van der Waals surface area contributed by atoms with Crippen LogP contribution in [0.15, 0.2) is 18.3 Å². The molecule has 1 aliphatic rings. The molecule has 1 N–H and O–H groups in total. The summed E-state index contributed by atoms with van der Waals surface area (Å²) in [7, 11) is 1.56. The molecule has 2 atom stereocenters. The topological polar surface area (TPSA) is 77.2 Å². The number of rotatable bonds is 3. The van der Waals surface area contributed by atoms with Gasteiger partial charge in [0.2, 0.25) is 5.88 Å². The fraction of sp³-hybridized carbons (Fsp3) is 0.500. The maximum absolute atomic E-state index is 11.4. The molecule has 6 heteroatoms. The molecular formula is C14H17N3O3. The van der Waals surface area contributed by atoms with Gasteiger partial charge >= 0.3 is 5.97 Å². The van der Waals surface area contributed by atoms with Crippen LogP contribution in [0.25, 0.3) is 11.0 Å². The highest BCUT2D eigenvalue weighted by molar-refractivity contribution is 5.75. The van der Waals surface area contributed by atoms with E-state index >= 15 is 0 Å². The van der Waals surface area contributed by atoms with Crippen LogP contribution in [0.3, 0.4) is 0 Å². The molecule has 0 aromatic carbocycles. The zero-order valence-corrected chi connectivity index (χ0v) is 11.3. The molecule has 106 valence electrons. The van der Waals surface area contributed by atoms with E-state index in [2.05, 4.69) is 10.1 Å². The van der Waals surface area contributed by atoms with Crippen LogP contribution in [-0.2, 0) is 4.79 Å². The minimum atomic E-state index is -0.736. The Balaban J connectivity index is 1.97. The summed E-state index contributed by atoms with van der Waals surface area (Å²) >= 11 is 0. The third-order valence-corrected chi connectivity index (χ3v) is 3.96. The number of hydrogen-bond donors (Lipinski definition) is 1. The number of carboxylic acids is 1. The maximum Gasteiger partial charge on any atom is 0.308 e. The third-order valence-electron chi connectivity index (χ3n) is 3.96. The number of hydrogen-bond acceptors (Lipinski definition) is 4. The largest absolute Gasteiger partial charge is 0.481 e. The van der Waals surface area contributed by atoms with Crippen molar-refractivity contribution in [3.8, 4) is 5.88 Å². The molecule has 2 aromatic heterocycles. The van der Waals surface area contributed by atoms with E-state index in [1.165, 1.54) is 0 Å². The molecule has 1 unspecified atom stereocenters. The Labute approximate surface area is 116 Å². The van der Waals surface area contributed by atoms with Gasteiger partial charge in [0, 0.05) is 17.6 Å². The van der Waals surface area contributed by atoms with Crippen molar-refractivity contribution in [2.24, 2.45) is 5.92 Å². The lowest BCUT2D eigenvalue weighted by Crippen LogP contribution is -2.29. The first-order chi connectivity index (χ1) is 9.69. The molecule has 0 saturated heterocycles. The molecule has 0 aliphatic heterocycles. The van der Waals surface area contributed by atoms with Crippen molar-refractivity contribution in [1.82, 2.24) is 14.8 Å². The lowest BCUT2D eigenvalue weighted by atomic mass is 9.84. The van der Waals surface area contributed by atoms with Crippen LogP contribution in [0.5, 0.6) is 5.88 Å². The second-order valence-electron chi connectivity index (χ2n) is 5.17. The summed E-state index contributed by atoms with van der Waals surface area (Å²) in [6.07, 6.45) is 5.46. The summed E-state index contributed by atoms with van der Waals surface area (Å²) in [5.74, 6) is -0.582. The SMILES string of the molecule is COc1ccc2cn([C@@H]3CCCCC3C(=O)O)nc2n1. The van der Waals surface area contributed by atoms with Crippen LogP contribution in [-0.4, -0.2) is 33.0 Å². The first-order valence-corrected chi connectivity index (χ1v) is 6.82. The maximum atomic E-state index is 11.4. The Morgan fingerprint density at radius 2 is 2.20 bits per heavy atom. The monoisotopic (exact) mass is 275 g/mol. The first kappa shape index (κ1) is 12.9. The van der Waals surface area contributed by atoms with Crippen molar-refractivity contribution in [2.75, 3.05) is 7.11 Å². The quantitative estimate of drug-likeness (QED) is 0.929. The van der Waals surface area contributed by atoms with Crippen molar-refractivity contribution in [3.63, 3.8) is 0 Å². The molecule has 2 aromatic rings. The Morgan fingerprint density at radius 3 is 2.95 bits per heavy atom. The zero-order valence-electron chi connectivity index (χ0n) is 11.3. The summed E-state index contributed by atoms with van der Waals surface area (Å²) in [5, 5.41) is 14.7. The lowest BCUT2D eigenvalue weighted by Gasteiger charge is -2.28. The minimum Gasteiger partial charge on any atom is -0.481 e. The van der Waals surface area contributed by atoms with E-state index in [0.717, 1.165) is 24.6 Å². The second kappa shape index (κ2) is 5.11. The molecule has 0 bridgehead atoms. The molecule has 1 saturated carbocycles. The lowest BCUT2D eigenvalue weighted by molar-refractivity contribution is -0.144. The number of aliphatic carboxylic acids is 1. The smallest absolute Gasteiger partial charge is 0.308 e. The van der Waals surface area contributed by atoms with E-state index in [1.807, 2.05) is 12.3 Å². The number of carbonyl (C=O) groups is 1. The highest BCUT2D eigenvalue weighted by atomic mass is 16.5. The van der Waals surface area contributed by atoms with E-state index in [0.29, 0.717) is 17.9 Å². The van der Waals surface area contributed by atoms with E-state index < -0.39 is 5.97 Å². The van der Waals surface area contributed by atoms with Crippen LogP contribution in [0.2, 0.25) is 0 Å². The molecule has 0 amide bonds. The molecule has 0 radical (unpaired) electrons. The highest BCUT2D eigenvalue weighted by Gasteiger charge is 2.32. The van der Waals surface area contributed by atoms with E-state index in [9.17, 15) is 9.90 Å². The van der Waals surface area contributed by atoms with Gasteiger partial charge in [-0.15, -0.1) is 0 Å². The molecule has 20 heavy (non-hydrogen) atoms. The van der Waals surface area contributed by atoms with Crippen LogP contribution >= 0.6 is 0 Å². The Kier molecular flexibility index (Phi) is 3.30. The summed E-state index contributed by atoms with van der Waals surface area (Å²) in [6, 6.07) is 3.59. The number of fused-ring (bicyclic) bond motifs is 1. The van der Waals surface area contributed by atoms with Gasteiger partial charge in [-0.3, -0.25) is 9.48 Å². The number of carboxylic acid groups (broad SMARTS) is 1. The van der Waals surface area contributed by atoms with Crippen molar-refractivity contribution in [1.29, 1.82) is 0 Å². The first-order valence-electron chi connectivity index (χ1n) is 6.82. The van der Waals surface area contributed by atoms with E-state index in [4.69, 9.17) is 4.74 Å². The van der Waals surface area contributed by atoms with Crippen LogP contribution in [0.4, 0.5) is 0 Å². The van der Waals surface area contributed by atoms with E-state index in [1.54, 1.807) is 17.9 Å². The average Bonchev–Trinajstić information content (AvgIpc) is 2.89. The number of aromatic nitrogens is 3. The molecule has 2 heterocycles. The van der Waals surface area contributed by atoms with Crippen LogP contribution in [0, 0.1) is 5.92 Å². The predicted molar refractivity (Wildman–Crippen MR) is 72.7 cm³/mol. The predicted octanol–water partition coefficient (Wildman–Crippen LogP) is 2.26. The van der Waals surface area contributed by atoms with Crippen molar-refractivity contribution in [3.05, 3.63) is 18.3 Å². The molecule has 1 aliphatic carbocycles. The van der Waals surface area contributed by atoms with Gasteiger partial charge in [-0.05, 0) is 18.9 Å². The van der Waals surface area contributed by atoms with E-state index in [-0.39, 0.29) is 12.0 Å². The summed E-state index contributed by atoms with van der Waals surface area (Å²) in [5.41, 5.74) is 0.596. The van der Waals surface area contributed by atoms with Crippen LogP contribution in [0.1, 0.15) is 31.7 Å². The molecule has 1 fully saturated rings. The number of methoxy groups -OCH3 is 1. The Bertz CT molecular complexity index is 638. The zero-order chi connectivity index (χ0) is 14.1. The summed E-state index contributed by atoms with van der Waals surface area (Å²) < 4.78 is 6.85. The molecule has 3 rings (SSSR count). The van der Waals surface area contributed by atoms with Crippen molar-refractivity contribution >= 4 is 17.0 Å². The Hall–Kier alpha value is -2.11. The van der Waals surface area contributed by atoms with Gasteiger partial charge in [-0.25, -0.2) is 0 Å². The Morgan fingerprint density at radius 1 is 1.40 bits per heavy atom. The average molecular weight is 275 g/mol. The van der Waals surface area contributed by atoms with Gasteiger partial charge in [0.05, 0.1) is 19.1 Å². The number of pyridine rings is 1. The van der Waals surface area contributed by atoms with Gasteiger partial charge in [-0.1, -0.05) is 12.8 Å². The highest BCUT2D eigenvalue weighted by Crippen LogP contribution is 2.34. The fourth-order valence-electron chi connectivity index (χ4n) is 2.90. The van der Waals surface area contributed by atoms with Crippen molar-refractivity contribution in [2.45, 2.75) is 31.7 Å². The second-order valence-corrected chi connectivity index (χ2v) is 5.17. The van der Waals surface area contributed by atoms with Gasteiger partial charge < -0.3 is 9.84 Å².